The quantitative estimate of drug-likeness (QED) is 0.639. The van der Waals surface area contributed by atoms with Crippen LogP contribution >= 0.6 is 11.6 Å². The second-order valence-electron chi connectivity index (χ2n) is 6.82. The number of methoxy groups -OCH3 is 1. The summed E-state index contributed by atoms with van der Waals surface area (Å²) in [5.41, 5.74) is 1.95. The average Bonchev–Trinajstić information content (AvgIpc) is 3.08. The van der Waals surface area contributed by atoms with E-state index in [-0.39, 0.29) is 18.0 Å². The van der Waals surface area contributed by atoms with Crippen molar-refractivity contribution in [2.24, 2.45) is 0 Å². The van der Waals surface area contributed by atoms with E-state index in [0.29, 0.717) is 17.4 Å². The van der Waals surface area contributed by atoms with E-state index < -0.39 is 10.0 Å². The molecule has 2 N–H and O–H groups in total. The van der Waals surface area contributed by atoms with Gasteiger partial charge in [0.1, 0.15) is 5.75 Å². The number of hydrogen-bond donors (Lipinski definition) is 2. The number of hydrogen-bond acceptors (Lipinski definition) is 6. The molecule has 0 saturated heterocycles. The maximum absolute atomic E-state index is 11.6. The molecule has 8 nitrogen and oxygen atoms in total. The van der Waals surface area contributed by atoms with Gasteiger partial charge in [-0.1, -0.05) is 41.9 Å². The van der Waals surface area contributed by atoms with Gasteiger partial charge in [0.05, 0.1) is 25.4 Å². The molecule has 0 unspecified atom stereocenters. The highest BCUT2D eigenvalue weighted by molar-refractivity contribution is 7.91. The van der Waals surface area contributed by atoms with Crippen molar-refractivity contribution < 1.29 is 13.2 Å². The molecular weight excluding hydrogens is 414 g/mol. The molecule has 0 bridgehead atoms. The fourth-order valence-corrected chi connectivity index (χ4v) is 4.13. The number of halogens is 1. The van der Waals surface area contributed by atoms with Gasteiger partial charge in [-0.2, -0.15) is 4.98 Å². The molecule has 3 aromatic rings. The Bertz CT molecular complexity index is 1130. The highest BCUT2D eigenvalue weighted by Crippen LogP contribution is 2.40. The zero-order valence-corrected chi connectivity index (χ0v) is 17.4. The van der Waals surface area contributed by atoms with Crippen molar-refractivity contribution in [3.8, 4) is 5.75 Å². The Morgan fingerprint density at radius 3 is 2.59 bits per heavy atom. The summed E-state index contributed by atoms with van der Waals surface area (Å²) in [7, 11) is -1.87. The molecule has 2 heterocycles. The lowest BCUT2D eigenvalue weighted by Crippen LogP contribution is -2.28. The summed E-state index contributed by atoms with van der Waals surface area (Å²) >= 11 is 6.46. The molecule has 2 atom stereocenters. The van der Waals surface area contributed by atoms with Crippen LogP contribution in [-0.4, -0.2) is 36.5 Å². The minimum atomic E-state index is -3.50. The molecule has 152 valence electrons. The average molecular weight is 434 g/mol. The predicted octanol–water partition coefficient (Wildman–Crippen LogP) is 3.46. The van der Waals surface area contributed by atoms with E-state index in [1.165, 1.54) is 0 Å². The number of benzene rings is 2. The van der Waals surface area contributed by atoms with Gasteiger partial charge in [-0.05, 0) is 35.7 Å². The number of fused-ring (bicyclic) bond motifs is 1. The first-order valence-corrected chi connectivity index (χ1v) is 11.2. The normalized spacial score (nSPS) is 18.6. The van der Waals surface area contributed by atoms with Gasteiger partial charge >= 0.3 is 0 Å². The summed E-state index contributed by atoms with van der Waals surface area (Å²) in [6, 6.07) is 15.1. The third kappa shape index (κ3) is 4.15. The second kappa shape index (κ2) is 7.57. The van der Waals surface area contributed by atoms with E-state index in [4.69, 9.17) is 16.3 Å². The molecular formula is C19H20ClN5O3S. The number of nitrogens with one attached hydrogen (secondary N) is 2. The molecule has 0 amide bonds. The summed E-state index contributed by atoms with van der Waals surface area (Å²) in [6.07, 6.45) is 1.72. The third-order valence-electron chi connectivity index (χ3n) is 4.75. The van der Waals surface area contributed by atoms with Crippen LogP contribution in [0.3, 0.4) is 0 Å². The van der Waals surface area contributed by atoms with Crippen molar-refractivity contribution in [1.82, 2.24) is 14.8 Å². The Hall–Kier alpha value is -2.78. The molecule has 29 heavy (non-hydrogen) atoms. The van der Waals surface area contributed by atoms with Gasteiger partial charge in [-0.3, -0.25) is 4.72 Å². The lowest BCUT2D eigenvalue weighted by Gasteiger charge is -2.32. The van der Waals surface area contributed by atoms with Crippen molar-refractivity contribution in [3.63, 3.8) is 0 Å². The van der Waals surface area contributed by atoms with Gasteiger partial charge in [0.25, 0.3) is 5.95 Å². The summed E-state index contributed by atoms with van der Waals surface area (Å²) in [6.45, 7) is 0. The molecule has 0 fully saturated rings. The minimum absolute atomic E-state index is 0.0161. The van der Waals surface area contributed by atoms with Gasteiger partial charge in [0, 0.05) is 5.02 Å². The van der Waals surface area contributed by atoms with Crippen LogP contribution in [0, 0.1) is 0 Å². The van der Waals surface area contributed by atoms with Crippen LogP contribution in [0.2, 0.25) is 5.02 Å². The molecule has 1 aliphatic heterocycles. The number of aromatic nitrogens is 3. The van der Waals surface area contributed by atoms with Gasteiger partial charge < -0.3 is 10.1 Å². The first-order valence-electron chi connectivity index (χ1n) is 8.93. The van der Waals surface area contributed by atoms with Gasteiger partial charge in [-0.15, -0.1) is 5.10 Å². The largest absolute Gasteiger partial charge is 0.497 e. The van der Waals surface area contributed by atoms with E-state index in [1.807, 2.05) is 48.5 Å². The minimum Gasteiger partial charge on any atom is -0.497 e. The van der Waals surface area contributed by atoms with E-state index in [0.717, 1.165) is 23.1 Å². The highest BCUT2D eigenvalue weighted by Gasteiger charge is 2.32. The lowest BCUT2D eigenvalue weighted by molar-refractivity contribution is 0.413. The van der Waals surface area contributed by atoms with Crippen LogP contribution in [0.25, 0.3) is 0 Å². The van der Waals surface area contributed by atoms with Crippen molar-refractivity contribution in [3.05, 3.63) is 64.7 Å². The molecule has 0 aliphatic carbocycles. The number of ether oxygens (including phenoxy) is 1. The van der Waals surface area contributed by atoms with E-state index in [2.05, 4.69) is 20.1 Å². The van der Waals surface area contributed by atoms with Crippen LogP contribution in [0.15, 0.2) is 48.5 Å². The van der Waals surface area contributed by atoms with Crippen molar-refractivity contribution in [1.29, 1.82) is 0 Å². The Morgan fingerprint density at radius 2 is 1.93 bits per heavy atom. The fourth-order valence-electron chi connectivity index (χ4n) is 3.45. The van der Waals surface area contributed by atoms with Gasteiger partial charge in [0.2, 0.25) is 16.0 Å². The highest BCUT2D eigenvalue weighted by atomic mass is 35.5. The van der Waals surface area contributed by atoms with Crippen LogP contribution in [0.1, 0.15) is 29.6 Å². The Labute approximate surface area is 173 Å². The number of anilines is 2. The monoisotopic (exact) mass is 433 g/mol. The predicted molar refractivity (Wildman–Crippen MR) is 112 cm³/mol. The van der Waals surface area contributed by atoms with Crippen molar-refractivity contribution in [2.75, 3.05) is 23.4 Å². The molecule has 1 aromatic heterocycles. The summed E-state index contributed by atoms with van der Waals surface area (Å²) in [5, 5.41) is 8.33. The maximum Gasteiger partial charge on any atom is 0.257 e. The smallest absolute Gasteiger partial charge is 0.257 e. The van der Waals surface area contributed by atoms with Gasteiger partial charge in [-0.25, -0.2) is 13.1 Å². The standard InChI is InChI=1S/C19H20ClN5O3S/c1-28-13-9-7-12(8-10-13)16-11-17(14-5-3-4-6-15(14)20)25-19(21-16)22-18(23-25)24-29(2,26)27/h3-10,16-17H,11H2,1-2H3,(H2,21,22,23,24)/t16-,17-/m0/s1. The molecule has 2 aromatic carbocycles. The van der Waals surface area contributed by atoms with E-state index in [1.54, 1.807) is 11.8 Å². The first kappa shape index (κ1) is 19.5. The van der Waals surface area contributed by atoms with Crippen LogP contribution < -0.4 is 14.8 Å². The number of rotatable bonds is 5. The molecule has 0 radical (unpaired) electrons. The van der Waals surface area contributed by atoms with Crippen LogP contribution in [0.5, 0.6) is 5.75 Å². The Kier molecular flexibility index (Phi) is 5.10. The number of sulfonamides is 1. The third-order valence-corrected chi connectivity index (χ3v) is 5.65. The second-order valence-corrected chi connectivity index (χ2v) is 8.98. The number of nitrogens with zero attached hydrogens (tertiary/aromatic N) is 3. The zero-order chi connectivity index (χ0) is 20.6. The summed E-state index contributed by atoms with van der Waals surface area (Å²) in [5.74, 6) is 1.26. The lowest BCUT2D eigenvalue weighted by atomic mass is 9.93. The molecule has 0 spiro atoms. The SMILES string of the molecule is COc1ccc([C@@H]2C[C@@H](c3ccccc3Cl)n3nc(NS(C)(=O)=O)nc3N2)cc1. The van der Waals surface area contributed by atoms with Crippen LogP contribution in [0.4, 0.5) is 11.9 Å². The Morgan fingerprint density at radius 1 is 1.21 bits per heavy atom. The topological polar surface area (TPSA) is 98.1 Å². The molecule has 10 heteroatoms. The van der Waals surface area contributed by atoms with Crippen molar-refractivity contribution >= 4 is 33.5 Å². The fraction of sp³-hybridized carbons (Fsp3) is 0.263. The maximum atomic E-state index is 11.6. The van der Waals surface area contributed by atoms with Gasteiger partial charge in [0.15, 0.2) is 0 Å². The van der Waals surface area contributed by atoms with Crippen molar-refractivity contribution in [2.45, 2.75) is 18.5 Å². The summed E-state index contributed by atoms with van der Waals surface area (Å²) in [4.78, 5) is 4.33. The molecule has 4 rings (SSSR count). The summed E-state index contributed by atoms with van der Waals surface area (Å²) < 4.78 is 32.5. The first-order chi connectivity index (χ1) is 13.8. The van der Waals surface area contributed by atoms with Crippen LogP contribution in [-0.2, 0) is 10.0 Å². The zero-order valence-electron chi connectivity index (χ0n) is 15.8. The van der Waals surface area contributed by atoms with E-state index in [9.17, 15) is 8.42 Å². The van der Waals surface area contributed by atoms with E-state index >= 15 is 0 Å². The molecule has 1 aliphatic rings. The Balaban J connectivity index is 1.76. The molecule has 0 saturated carbocycles.